The summed E-state index contributed by atoms with van der Waals surface area (Å²) < 4.78 is 46.8. The minimum absolute atomic E-state index is 0.116. The van der Waals surface area contributed by atoms with Crippen molar-refractivity contribution >= 4 is 16.9 Å². The molecule has 1 fully saturated rings. The second kappa shape index (κ2) is 8.29. The molecule has 0 aliphatic carbocycles. The predicted octanol–water partition coefficient (Wildman–Crippen LogP) is 3.92. The largest absolute Gasteiger partial charge is 0.573 e. The number of benzene rings is 2. The fourth-order valence-electron chi connectivity index (χ4n) is 3.40. The number of nitrogens with zero attached hydrogens (tertiary/aromatic N) is 3. The number of piperidine rings is 1. The topological polar surface area (TPSA) is 84.8 Å². The summed E-state index contributed by atoms with van der Waals surface area (Å²) >= 11 is 0. The third-order valence-corrected chi connectivity index (χ3v) is 4.83. The number of likely N-dealkylation sites (tertiary alicyclic amines) is 1. The van der Waals surface area contributed by atoms with Crippen LogP contribution in [0.4, 0.5) is 13.2 Å². The molecule has 3 aromatic rings. The molecule has 0 atom stereocenters. The molecule has 1 aliphatic heterocycles. The Morgan fingerprint density at radius 1 is 1.00 bits per heavy atom. The summed E-state index contributed by atoms with van der Waals surface area (Å²) in [6.07, 6.45) is -4.11. The quantitative estimate of drug-likeness (QED) is 0.672. The Morgan fingerprint density at radius 2 is 1.65 bits per heavy atom. The summed E-state index contributed by atoms with van der Waals surface area (Å²) in [7, 11) is 0. The molecule has 0 spiro atoms. The maximum Gasteiger partial charge on any atom is 0.573 e. The van der Waals surface area contributed by atoms with Gasteiger partial charge >= 0.3 is 6.36 Å². The molecule has 0 saturated carbocycles. The molecule has 1 N–H and O–H groups in total. The Hall–Kier alpha value is -3.56. The van der Waals surface area contributed by atoms with Crippen LogP contribution in [0.1, 0.15) is 23.3 Å². The van der Waals surface area contributed by atoms with Gasteiger partial charge in [0.1, 0.15) is 17.6 Å². The Balaban J connectivity index is 1.38. The first-order valence-corrected chi connectivity index (χ1v) is 9.56. The van der Waals surface area contributed by atoms with Crippen LogP contribution >= 0.6 is 0 Å². The smallest absolute Gasteiger partial charge is 0.492 e. The minimum Gasteiger partial charge on any atom is -0.492 e. The molecule has 2 heterocycles. The van der Waals surface area contributed by atoms with Crippen molar-refractivity contribution in [2.45, 2.75) is 25.3 Å². The molecule has 0 bridgehead atoms. The van der Waals surface area contributed by atoms with E-state index in [1.807, 2.05) is 0 Å². The SMILES string of the molecule is O=C(c1nc2ccccc2nc1O)N1CCC(Oc2cccc(OC(F)(F)F)c2)CC1. The first kappa shape index (κ1) is 20.7. The Kier molecular flexibility index (Phi) is 5.53. The van der Waals surface area contributed by atoms with Gasteiger partial charge in [-0.15, -0.1) is 13.2 Å². The highest BCUT2D eigenvalue weighted by Crippen LogP contribution is 2.28. The van der Waals surface area contributed by atoms with Crippen LogP contribution in [0.15, 0.2) is 48.5 Å². The molecule has 1 saturated heterocycles. The summed E-state index contributed by atoms with van der Waals surface area (Å²) in [4.78, 5) is 22.6. The zero-order valence-corrected chi connectivity index (χ0v) is 16.2. The number of fused-ring (bicyclic) bond motifs is 1. The van der Waals surface area contributed by atoms with E-state index in [2.05, 4.69) is 14.7 Å². The Bertz CT molecular complexity index is 1100. The molecular weight excluding hydrogens is 415 g/mol. The number of aromatic nitrogens is 2. The fraction of sp³-hybridized carbons (Fsp3) is 0.286. The second-order valence-electron chi connectivity index (χ2n) is 7.02. The van der Waals surface area contributed by atoms with Crippen molar-refractivity contribution in [2.75, 3.05) is 13.1 Å². The molecule has 0 radical (unpaired) electrons. The van der Waals surface area contributed by atoms with Crippen LogP contribution < -0.4 is 9.47 Å². The monoisotopic (exact) mass is 433 g/mol. The molecule has 4 rings (SSSR count). The van der Waals surface area contributed by atoms with Crippen molar-refractivity contribution in [1.82, 2.24) is 14.9 Å². The van der Waals surface area contributed by atoms with E-state index in [-0.39, 0.29) is 23.3 Å². The van der Waals surface area contributed by atoms with Gasteiger partial charge < -0.3 is 19.5 Å². The number of ether oxygens (including phenoxy) is 2. The lowest BCUT2D eigenvalue weighted by atomic mass is 10.1. The maximum atomic E-state index is 12.8. The Labute approximate surface area is 175 Å². The third kappa shape index (κ3) is 4.96. The second-order valence-corrected chi connectivity index (χ2v) is 7.02. The fourth-order valence-corrected chi connectivity index (χ4v) is 3.40. The van der Waals surface area contributed by atoms with E-state index in [1.54, 1.807) is 35.2 Å². The summed E-state index contributed by atoms with van der Waals surface area (Å²) in [5.41, 5.74) is 0.873. The summed E-state index contributed by atoms with van der Waals surface area (Å²) in [6, 6.07) is 12.2. The lowest BCUT2D eigenvalue weighted by molar-refractivity contribution is -0.274. The highest BCUT2D eigenvalue weighted by atomic mass is 19.4. The molecule has 7 nitrogen and oxygen atoms in total. The van der Waals surface area contributed by atoms with Crippen LogP contribution in [-0.2, 0) is 0 Å². The predicted molar refractivity (Wildman–Crippen MR) is 104 cm³/mol. The zero-order valence-electron chi connectivity index (χ0n) is 16.2. The number of hydrogen-bond donors (Lipinski definition) is 1. The van der Waals surface area contributed by atoms with Crippen molar-refractivity contribution in [3.63, 3.8) is 0 Å². The van der Waals surface area contributed by atoms with Gasteiger partial charge in [-0.05, 0) is 24.3 Å². The summed E-state index contributed by atoms with van der Waals surface area (Å²) in [6.45, 7) is 0.687. The Morgan fingerprint density at radius 3 is 2.32 bits per heavy atom. The molecule has 1 amide bonds. The van der Waals surface area contributed by atoms with Gasteiger partial charge in [0.15, 0.2) is 5.69 Å². The number of hydrogen-bond acceptors (Lipinski definition) is 6. The molecular formula is C21H18F3N3O4. The van der Waals surface area contributed by atoms with Crippen LogP contribution in [-0.4, -0.2) is 51.4 Å². The van der Waals surface area contributed by atoms with Gasteiger partial charge in [-0.1, -0.05) is 18.2 Å². The normalized spacial score (nSPS) is 15.1. The van der Waals surface area contributed by atoms with Crippen molar-refractivity contribution in [3.8, 4) is 17.4 Å². The van der Waals surface area contributed by atoms with Crippen LogP contribution in [0.2, 0.25) is 0 Å². The highest BCUT2D eigenvalue weighted by molar-refractivity contribution is 5.96. The van der Waals surface area contributed by atoms with E-state index < -0.39 is 18.1 Å². The van der Waals surface area contributed by atoms with Gasteiger partial charge in [0.2, 0.25) is 5.88 Å². The van der Waals surface area contributed by atoms with Crippen molar-refractivity contribution in [1.29, 1.82) is 0 Å². The van der Waals surface area contributed by atoms with E-state index in [9.17, 15) is 23.1 Å². The van der Waals surface area contributed by atoms with Gasteiger partial charge in [0, 0.05) is 32.0 Å². The highest BCUT2D eigenvalue weighted by Gasteiger charge is 2.31. The minimum atomic E-state index is -4.78. The number of rotatable bonds is 4. The van der Waals surface area contributed by atoms with Gasteiger partial charge in [0.05, 0.1) is 11.0 Å². The number of aromatic hydroxyl groups is 1. The number of para-hydroxylation sites is 2. The van der Waals surface area contributed by atoms with Crippen LogP contribution in [0, 0.1) is 0 Å². The first-order valence-electron chi connectivity index (χ1n) is 9.56. The lowest BCUT2D eigenvalue weighted by Gasteiger charge is -2.32. The van der Waals surface area contributed by atoms with E-state index in [0.29, 0.717) is 37.0 Å². The third-order valence-electron chi connectivity index (χ3n) is 4.83. The van der Waals surface area contributed by atoms with Crippen molar-refractivity contribution in [2.24, 2.45) is 0 Å². The molecule has 10 heteroatoms. The first-order chi connectivity index (χ1) is 14.8. The van der Waals surface area contributed by atoms with E-state index in [0.717, 1.165) is 0 Å². The van der Waals surface area contributed by atoms with Gasteiger partial charge in [-0.3, -0.25) is 4.79 Å². The van der Waals surface area contributed by atoms with E-state index in [1.165, 1.54) is 18.2 Å². The summed E-state index contributed by atoms with van der Waals surface area (Å²) in [5, 5.41) is 10.1. The number of carbonyl (C=O) groups excluding carboxylic acids is 1. The molecule has 0 unspecified atom stereocenters. The van der Waals surface area contributed by atoms with Gasteiger partial charge in [-0.25, -0.2) is 9.97 Å². The number of amides is 1. The van der Waals surface area contributed by atoms with E-state index >= 15 is 0 Å². The summed E-state index contributed by atoms with van der Waals surface area (Å²) in [5.74, 6) is -0.967. The maximum absolute atomic E-state index is 12.8. The molecule has 1 aliphatic rings. The van der Waals surface area contributed by atoms with Crippen LogP contribution in [0.3, 0.4) is 0 Å². The molecule has 2 aromatic carbocycles. The molecule has 31 heavy (non-hydrogen) atoms. The average molecular weight is 433 g/mol. The van der Waals surface area contributed by atoms with Crippen molar-refractivity contribution in [3.05, 3.63) is 54.2 Å². The number of carbonyl (C=O) groups is 1. The van der Waals surface area contributed by atoms with Gasteiger partial charge in [0.25, 0.3) is 5.91 Å². The van der Waals surface area contributed by atoms with Crippen LogP contribution in [0.5, 0.6) is 17.4 Å². The standard InChI is InChI=1S/C21H18F3N3O4/c22-21(23,24)31-15-5-3-4-14(12-15)30-13-8-10-27(11-9-13)20(29)18-19(28)26-17-7-2-1-6-16(17)25-18/h1-7,12-13H,8-11H2,(H,26,28). The molecule has 1 aromatic heterocycles. The van der Waals surface area contributed by atoms with Crippen LogP contribution in [0.25, 0.3) is 11.0 Å². The zero-order chi connectivity index (χ0) is 22.0. The number of alkyl halides is 3. The molecule has 162 valence electrons. The lowest BCUT2D eigenvalue weighted by Crippen LogP contribution is -2.42. The number of halogens is 3. The average Bonchev–Trinajstić information content (AvgIpc) is 2.72. The van der Waals surface area contributed by atoms with Crippen molar-refractivity contribution < 1.29 is 32.5 Å². The van der Waals surface area contributed by atoms with E-state index in [4.69, 9.17) is 4.74 Å². The van der Waals surface area contributed by atoms with Gasteiger partial charge in [-0.2, -0.15) is 0 Å².